The fourth-order valence-electron chi connectivity index (χ4n) is 0.824. The maximum absolute atomic E-state index is 10.4. The van der Waals surface area contributed by atoms with E-state index in [1.54, 1.807) is 11.2 Å². The van der Waals surface area contributed by atoms with Gasteiger partial charge in [0.1, 0.15) is 6.61 Å². The third kappa shape index (κ3) is 7.98. The van der Waals surface area contributed by atoms with Crippen LogP contribution in [0.5, 0.6) is 0 Å². The van der Waals surface area contributed by atoms with Crippen molar-refractivity contribution in [1.82, 2.24) is 10.2 Å². The summed E-state index contributed by atoms with van der Waals surface area (Å²) in [6.07, 6.45) is 1.56. The van der Waals surface area contributed by atoms with Gasteiger partial charge in [0.15, 0.2) is 5.11 Å². The standard InChI is InChI=1S/C9H18N4O2S/c1-4-7(5-15-8(10)14)12-9(16)11-6-13(2)3/h6-7H,4-5H2,1-3H3,(H2,10,14)(H,12,16)/b11-6+. The van der Waals surface area contributed by atoms with Gasteiger partial charge in [-0.25, -0.2) is 9.79 Å². The Bertz CT molecular complexity index is 268. The van der Waals surface area contributed by atoms with Gasteiger partial charge in [-0.2, -0.15) is 0 Å². The van der Waals surface area contributed by atoms with Gasteiger partial charge in [0.2, 0.25) is 0 Å². The first-order valence-corrected chi connectivity index (χ1v) is 5.29. The third-order valence-electron chi connectivity index (χ3n) is 1.65. The van der Waals surface area contributed by atoms with E-state index in [0.29, 0.717) is 5.11 Å². The number of carbonyl (C=O) groups excluding carboxylic acids is 1. The number of primary amides is 1. The molecule has 0 spiro atoms. The maximum Gasteiger partial charge on any atom is 0.404 e. The van der Waals surface area contributed by atoms with Crippen molar-refractivity contribution in [2.24, 2.45) is 10.7 Å². The third-order valence-corrected chi connectivity index (χ3v) is 1.88. The Morgan fingerprint density at radius 1 is 1.69 bits per heavy atom. The number of nitrogens with one attached hydrogen (secondary N) is 1. The molecule has 0 radical (unpaired) electrons. The lowest BCUT2D eigenvalue weighted by Gasteiger charge is -2.16. The molecule has 0 aliphatic rings. The van der Waals surface area contributed by atoms with Crippen molar-refractivity contribution in [2.45, 2.75) is 19.4 Å². The number of carbonyl (C=O) groups is 1. The van der Waals surface area contributed by atoms with E-state index in [4.69, 9.17) is 18.0 Å². The highest BCUT2D eigenvalue weighted by molar-refractivity contribution is 7.80. The summed E-state index contributed by atoms with van der Waals surface area (Å²) in [5.41, 5.74) is 4.87. The van der Waals surface area contributed by atoms with Gasteiger partial charge in [-0.05, 0) is 18.6 Å². The molecular formula is C9H18N4O2S. The Morgan fingerprint density at radius 2 is 2.31 bits per heavy atom. The number of hydrogen-bond donors (Lipinski definition) is 2. The van der Waals surface area contributed by atoms with Crippen LogP contribution in [0.1, 0.15) is 13.3 Å². The molecule has 1 amide bonds. The van der Waals surface area contributed by atoms with Gasteiger partial charge in [-0.1, -0.05) is 6.92 Å². The zero-order chi connectivity index (χ0) is 12.6. The molecule has 92 valence electrons. The maximum atomic E-state index is 10.4. The first-order valence-electron chi connectivity index (χ1n) is 4.89. The molecule has 6 nitrogen and oxygen atoms in total. The van der Waals surface area contributed by atoms with Gasteiger partial charge >= 0.3 is 6.09 Å². The molecule has 1 atom stereocenters. The molecule has 0 fully saturated rings. The number of nitrogens with two attached hydrogens (primary N) is 1. The van der Waals surface area contributed by atoms with E-state index in [9.17, 15) is 4.79 Å². The van der Waals surface area contributed by atoms with Crippen LogP contribution in [0.4, 0.5) is 4.79 Å². The molecule has 0 rings (SSSR count). The molecule has 0 aromatic heterocycles. The number of rotatable bonds is 5. The van der Waals surface area contributed by atoms with Crippen LogP contribution in [0.25, 0.3) is 0 Å². The summed E-state index contributed by atoms with van der Waals surface area (Å²) < 4.78 is 4.68. The lowest BCUT2D eigenvalue weighted by molar-refractivity contribution is 0.146. The van der Waals surface area contributed by atoms with Gasteiger partial charge in [0.25, 0.3) is 0 Å². The zero-order valence-electron chi connectivity index (χ0n) is 9.77. The van der Waals surface area contributed by atoms with E-state index in [1.807, 2.05) is 21.0 Å². The second-order valence-electron chi connectivity index (χ2n) is 3.39. The van der Waals surface area contributed by atoms with Crippen molar-refractivity contribution in [2.75, 3.05) is 20.7 Å². The molecule has 0 aromatic rings. The summed E-state index contributed by atoms with van der Waals surface area (Å²) >= 11 is 4.99. The summed E-state index contributed by atoms with van der Waals surface area (Å²) in [6.45, 7) is 2.13. The van der Waals surface area contributed by atoms with Gasteiger partial charge < -0.3 is 20.7 Å². The van der Waals surface area contributed by atoms with Crippen molar-refractivity contribution in [3.63, 3.8) is 0 Å². The Labute approximate surface area is 101 Å². The average Bonchev–Trinajstić information content (AvgIpc) is 2.20. The van der Waals surface area contributed by atoms with Crippen LogP contribution in [0, 0.1) is 0 Å². The summed E-state index contributed by atoms with van der Waals surface area (Å²) in [4.78, 5) is 16.2. The molecular weight excluding hydrogens is 228 g/mol. The molecule has 3 N–H and O–H groups in total. The fourth-order valence-corrected chi connectivity index (χ4v) is 1.04. The van der Waals surface area contributed by atoms with Crippen molar-refractivity contribution in [1.29, 1.82) is 0 Å². The van der Waals surface area contributed by atoms with E-state index in [1.165, 1.54) is 0 Å². The highest BCUT2D eigenvalue weighted by Gasteiger charge is 2.08. The smallest absolute Gasteiger partial charge is 0.404 e. The van der Waals surface area contributed by atoms with Crippen molar-refractivity contribution in [3.8, 4) is 0 Å². The van der Waals surface area contributed by atoms with Gasteiger partial charge in [-0.3, -0.25) is 0 Å². The van der Waals surface area contributed by atoms with Crippen molar-refractivity contribution < 1.29 is 9.53 Å². The molecule has 0 aromatic carbocycles. The highest BCUT2D eigenvalue weighted by Crippen LogP contribution is 1.93. The molecule has 0 aliphatic carbocycles. The first-order chi connectivity index (χ1) is 7.45. The largest absolute Gasteiger partial charge is 0.448 e. The van der Waals surface area contributed by atoms with E-state index in [2.05, 4.69) is 15.0 Å². The van der Waals surface area contributed by atoms with Crippen LogP contribution in [0.3, 0.4) is 0 Å². The lowest BCUT2D eigenvalue weighted by atomic mass is 10.2. The summed E-state index contributed by atoms with van der Waals surface area (Å²) in [5, 5.41) is 3.31. The summed E-state index contributed by atoms with van der Waals surface area (Å²) in [5.74, 6) is 0. The molecule has 1 unspecified atom stereocenters. The molecule has 0 aliphatic heterocycles. The zero-order valence-corrected chi connectivity index (χ0v) is 10.6. The number of thiocarbonyl (C=S) groups is 1. The average molecular weight is 246 g/mol. The second-order valence-corrected chi connectivity index (χ2v) is 3.78. The van der Waals surface area contributed by atoms with Crippen LogP contribution in [0.2, 0.25) is 0 Å². The van der Waals surface area contributed by atoms with Crippen molar-refractivity contribution >= 4 is 29.8 Å². The first kappa shape index (κ1) is 14.6. The predicted molar refractivity (Wildman–Crippen MR) is 67.5 cm³/mol. The molecule has 16 heavy (non-hydrogen) atoms. The monoisotopic (exact) mass is 246 g/mol. The minimum absolute atomic E-state index is 0.0701. The van der Waals surface area contributed by atoms with Gasteiger partial charge in [0.05, 0.1) is 12.4 Å². The fraction of sp³-hybridized carbons (Fsp3) is 0.667. The van der Waals surface area contributed by atoms with Crippen LogP contribution >= 0.6 is 12.2 Å². The molecule has 0 heterocycles. The Kier molecular flexibility index (Phi) is 7.19. The van der Waals surface area contributed by atoms with Crippen LogP contribution in [-0.2, 0) is 4.74 Å². The number of nitrogens with zero attached hydrogens (tertiary/aromatic N) is 2. The van der Waals surface area contributed by atoms with E-state index < -0.39 is 6.09 Å². The number of hydrogen-bond acceptors (Lipinski definition) is 3. The normalized spacial score (nSPS) is 12.2. The number of amides is 1. The number of aliphatic imine (C=N–C) groups is 1. The Hall–Kier alpha value is -1.37. The van der Waals surface area contributed by atoms with Crippen LogP contribution in [0.15, 0.2) is 4.99 Å². The minimum atomic E-state index is -0.789. The summed E-state index contributed by atoms with van der Waals surface area (Å²) in [6, 6.07) is -0.0701. The molecule has 0 saturated carbocycles. The molecule has 7 heteroatoms. The quantitative estimate of drug-likeness (QED) is 0.415. The summed E-state index contributed by atoms with van der Waals surface area (Å²) in [7, 11) is 3.69. The minimum Gasteiger partial charge on any atom is -0.448 e. The van der Waals surface area contributed by atoms with E-state index in [0.717, 1.165) is 6.42 Å². The van der Waals surface area contributed by atoms with Gasteiger partial charge in [-0.15, -0.1) is 0 Å². The van der Waals surface area contributed by atoms with E-state index in [-0.39, 0.29) is 12.6 Å². The lowest BCUT2D eigenvalue weighted by Crippen LogP contribution is -2.37. The molecule has 0 bridgehead atoms. The predicted octanol–water partition coefficient (Wildman–Crippen LogP) is 0.325. The SMILES string of the molecule is CCC(COC(N)=O)NC(=S)/N=C/N(C)C. The number of ether oxygens (including phenoxy) is 1. The Morgan fingerprint density at radius 3 is 2.75 bits per heavy atom. The van der Waals surface area contributed by atoms with E-state index >= 15 is 0 Å². The van der Waals surface area contributed by atoms with Crippen LogP contribution < -0.4 is 11.1 Å². The second kappa shape index (κ2) is 7.86. The highest BCUT2D eigenvalue weighted by atomic mass is 32.1. The van der Waals surface area contributed by atoms with Crippen LogP contribution in [-0.4, -0.2) is 49.2 Å². The topological polar surface area (TPSA) is 79.9 Å². The van der Waals surface area contributed by atoms with Gasteiger partial charge in [0, 0.05) is 14.1 Å². The van der Waals surface area contributed by atoms with Crippen molar-refractivity contribution in [3.05, 3.63) is 0 Å². The molecule has 0 saturated heterocycles. The Balaban J connectivity index is 4.01.